The predicted molar refractivity (Wildman–Crippen MR) is 60.4 cm³/mol. The second-order valence-corrected chi connectivity index (χ2v) is 3.57. The minimum Gasteiger partial charge on any atom is -0.454 e. The molecule has 0 unspecified atom stereocenters. The number of rotatable bonds is 2. The Hall–Kier alpha value is -2.12. The molecule has 3 nitrogen and oxygen atoms in total. The zero-order chi connectivity index (χ0) is 12.3. The molecule has 0 aliphatic heterocycles. The average Bonchev–Trinajstić information content (AvgIpc) is 2.34. The van der Waals surface area contributed by atoms with E-state index in [-0.39, 0.29) is 5.02 Å². The predicted octanol–water partition coefficient (Wildman–Crippen LogP) is 3.54. The number of pyridine rings is 1. The van der Waals surface area contributed by atoms with Crippen LogP contribution in [0.1, 0.15) is 5.56 Å². The van der Waals surface area contributed by atoms with E-state index in [1.54, 1.807) is 0 Å². The van der Waals surface area contributed by atoms with Crippen molar-refractivity contribution in [3.63, 3.8) is 0 Å². The van der Waals surface area contributed by atoms with E-state index in [1.807, 2.05) is 6.07 Å². The minimum atomic E-state index is -0.522. The molecule has 0 aliphatic rings. The lowest BCUT2D eigenvalue weighted by Gasteiger charge is -2.06. The summed E-state index contributed by atoms with van der Waals surface area (Å²) in [6.45, 7) is 0. The number of aromatic nitrogens is 1. The van der Waals surface area contributed by atoms with Crippen molar-refractivity contribution in [2.75, 3.05) is 0 Å². The van der Waals surface area contributed by atoms with Crippen LogP contribution in [0.15, 0.2) is 36.7 Å². The average molecular weight is 249 g/mol. The van der Waals surface area contributed by atoms with Crippen molar-refractivity contribution < 1.29 is 9.13 Å². The second-order valence-electron chi connectivity index (χ2n) is 3.16. The van der Waals surface area contributed by atoms with Gasteiger partial charge in [0.2, 0.25) is 0 Å². The quantitative estimate of drug-likeness (QED) is 0.817. The Morgan fingerprint density at radius 1 is 1.35 bits per heavy atom. The van der Waals surface area contributed by atoms with Gasteiger partial charge in [-0.15, -0.1) is 0 Å². The first kappa shape index (κ1) is 11.4. The Bertz CT molecular complexity index is 595. The number of nitriles is 1. The van der Waals surface area contributed by atoms with Gasteiger partial charge in [-0.25, -0.2) is 4.39 Å². The maximum atomic E-state index is 12.9. The fourth-order valence-electron chi connectivity index (χ4n) is 1.22. The van der Waals surface area contributed by atoms with Gasteiger partial charge in [0.25, 0.3) is 0 Å². The maximum Gasteiger partial charge on any atom is 0.163 e. The van der Waals surface area contributed by atoms with Crippen molar-refractivity contribution >= 4 is 11.6 Å². The van der Waals surface area contributed by atoms with E-state index in [1.165, 1.54) is 36.7 Å². The Morgan fingerprint density at radius 3 is 2.88 bits per heavy atom. The molecule has 5 heteroatoms. The van der Waals surface area contributed by atoms with E-state index >= 15 is 0 Å². The van der Waals surface area contributed by atoms with Gasteiger partial charge < -0.3 is 4.74 Å². The summed E-state index contributed by atoms with van der Waals surface area (Å²) in [5, 5.41) is 8.81. The lowest BCUT2D eigenvalue weighted by atomic mass is 10.2. The lowest BCUT2D eigenvalue weighted by Crippen LogP contribution is -1.89. The van der Waals surface area contributed by atoms with E-state index in [2.05, 4.69) is 4.98 Å². The molecular weight excluding hydrogens is 243 g/mol. The van der Waals surface area contributed by atoms with E-state index in [0.29, 0.717) is 17.1 Å². The summed E-state index contributed by atoms with van der Waals surface area (Å²) in [4.78, 5) is 3.85. The summed E-state index contributed by atoms with van der Waals surface area (Å²) in [5.74, 6) is 0.129. The van der Waals surface area contributed by atoms with Gasteiger partial charge in [-0.3, -0.25) is 4.98 Å². The fourth-order valence-corrected chi connectivity index (χ4v) is 1.39. The van der Waals surface area contributed by atoms with Gasteiger partial charge in [0, 0.05) is 12.3 Å². The highest BCUT2D eigenvalue weighted by atomic mass is 35.5. The zero-order valence-electron chi connectivity index (χ0n) is 8.52. The number of hydrogen-bond acceptors (Lipinski definition) is 3. The monoisotopic (exact) mass is 248 g/mol. The van der Waals surface area contributed by atoms with Crippen LogP contribution >= 0.6 is 11.6 Å². The molecule has 2 aromatic rings. The van der Waals surface area contributed by atoms with Crippen LogP contribution < -0.4 is 4.74 Å². The first-order chi connectivity index (χ1) is 8.20. The molecule has 0 amide bonds. The van der Waals surface area contributed by atoms with Crippen LogP contribution in [0.3, 0.4) is 0 Å². The molecule has 2 rings (SSSR count). The Labute approximate surface area is 102 Å². The van der Waals surface area contributed by atoms with Crippen molar-refractivity contribution in [2.24, 2.45) is 0 Å². The number of halogens is 2. The van der Waals surface area contributed by atoms with Crippen LogP contribution in [0.5, 0.6) is 11.5 Å². The molecule has 0 radical (unpaired) electrons. The molecule has 84 valence electrons. The summed E-state index contributed by atoms with van der Waals surface area (Å²) in [6.07, 6.45) is 2.90. The summed E-state index contributed by atoms with van der Waals surface area (Å²) < 4.78 is 18.3. The standard InChI is InChI=1S/C12H6ClFN2O/c13-10-5-9(1-2-11(10)14)17-12-7-16-4-3-8(12)6-15/h1-5,7H. The van der Waals surface area contributed by atoms with Gasteiger partial charge in [-0.2, -0.15) is 5.26 Å². The number of benzene rings is 1. The number of nitrogens with zero attached hydrogens (tertiary/aromatic N) is 2. The third-order valence-corrected chi connectivity index (χ3v) is 2.31. The van der Waals surface area contributed by atoms with Crippen LogP contribution in [-0.4, -0.2) is 4.98 Å². The van der Waals surface area contributed by atoms with Gasteiger partial charge in [-0.05, 0) is 18.2 Å². The Morgan fingerprint density at radius 2 is 2.18 bits per heavy atom. The van der Waals surface area contributed by atoms with Crippen molar-refractivity contribution in [2.45, 2.75) is 0 Å². The van der Waals surface area contributed by atoms with Gasteiger partial charge in [0.05, 0.1) is 16.8 Å². The van der Waals surface area contributed by atoms with Crippen molar-refractivity contribution in [1.29, 1.82) is 5.26 Å². The maximum absolute atomic E-state index is 12.9. The highest BCUT2D eigenvalue weighted by Crippen LogP contribution is 2.27. The molecule has 0 spiro atoms. The third-order valence-electron chi connectivity index (χ3n) is 2.02. The topological polar surface area (TPSA) is 45.9 Å². The molecule has 0 aliphatic carbocycles. The molecule has 0 saturated heterocycles. The van der Waals surface area contributed by atoms with Crippen LogP contribution in [0.4, 0.5) is 4.39 Å². The summed E-state index contributed by atoms with van der Waals surface area (Å²) in [6, 6.07) is 7.46. The van der Waals surface area contributed by atoms with Crippen LogP contribution in [0, 0.1) is 17.1 Å². The number of ether oxygens (including phenoxy) is 1. The minimum absolute atomic E-state index is 0.0371. The van der Waals surface area contributed by atoms with E-state index in [4.69, 9.17) is 21.6 Å². The Kier molecular flexibility index (Phi) is 3.22. The highest BCUT2D eigenvalue weighted by molar-refractivity contribution is 6.30. The molecule has 1 aromatic heterocycles. The third kappa shape index (κ3) is 2.52. The number of hydrogen-bond donors (Lipinski definition) is 0. The lowest BCUT2D eigenvalue weighted by molar-refractivity contribution is 0.477. The molecule has 1 aromatic carbocycles. The van der Waals surface area contributed by atoms with Crippen molar-refractivity contribution in [3.8, 4) is 17.6 Å². The van der Waals surface area contributed by atoms with E-state index < -0.39 is 5.82 Å². The molecule has 1 heterocycles. The first-order valence-electron chi connectivity index (χ1n) is 4.67. The smallest absolute Gasteiger partial charge is 0.163 e. The first-order valence-corrected chi connectivity index (χ1v) is 5.05. The largest absolute Gasteiger partial charge is 0.454 e. The normalized spacial score (nSPS) is 9.71. The zero-order valence-corrected chi connectivity index (χ0v) is 9.28. The molecule has 0 saturated carbocycles. The summed E-state index contributed by atoms with van der Waals surface area (Å²) in [7, 11) is 0. The van der Waals surface area contributed by atoms with Crippen molar-refractivity contribution in [1.82, 2.24) is 4.98 Å². The molecule has 0 atom stereocenters. The summed E-state index contributed by atoms with van der Waals surface area (Å²) in [5.41, 5.74) is 0.348. The van der Waals surface area contributed by atoms with E-state index in [0.717, 1.165) is 0 Å². The van der Waals surface area contributed by atoms with E-state index in [9.17, 15) is 4.39 Å². The van der Waals surface area contributed by atoms with Gasteiger partial charge in [-0.1, -0.05) is 11.6 Å². The van der Waals surface area contributed by atoms with Gasteiger partial charge >= 0.3 is 0 Å². The van der Waals surface area contributed by atoms with Crippen molar-refractivity contribution in [3.05, 3.63) is 53.1 Å². The molecule has 17 heavy (non-hydrogen) atoms. The summed E-state index contributed by atoms with van der Waals surface area (Å²) >= 11 is 5.62. The molecular formula is C12H6ClFN2O. The SMILES string of the molecule is N#Cc1ccncc1Oc1ccc(F)c(Cl)c1. The molecule has 0 bridgehead atoms. The van der Waals surface area contributed by atoms with Gasteiger partial charge in [0.1, 0.15) is 17.6 Å². The fraction of sp³-hybridized carbons (Fsp3) is 0. The molecule has 0 N–H and O–H groups in total. The highest BCUT2D eigenvalue weighted by Gasteiger charge is 2.06. The van der Waals surface area contributed by atoms with Crippen LogP contribution in [0.25, 0.3) is 0 Å². The second kappa shape index (κ2) is 4.81. The molecule has 0 fully saturated rings. The van der Waals surface area contributed by atoms with Crippen LogP contribution in [0.2, 0.25) is 5.02 Å². The van der Waals surface area contributed by atoms with Gasteiger partial charge in [0.15, 0.2) is 5.75 Å². The Balaban J connectivity index is 2.32. The van der Waals surface area contributed by atoms with Crippen LogP contribution in [-0.2, 0) is 0 Å².